The molecular formula is C20H17N3O3S. The molecule has 0 aliphatic rings. The van der Waals surface area contributed by atoms with Crippen molar-refractivity contribution >= 4 is 22.4 Å². The molecule has 27 heavy (non-hydrogen) atoms. The Labute approximate surface area is 159 Å². The number of fused-ring (bicyclic) bond motifs is 1. The second-order valence-electron chi connectivity index (χ2n) is 5.72. The van der Waals surface area contributed by atoms with Gasteiger partial charge in [0, 0.05) is 5.56 Å². The third-order valence-electron chi connectivity index (χ3n) is 4.04. The number of aromatic nitrogens is 3. The highest BCUT2D eigenvalue weighted by atomic mass is 32.1. The topological polar surface area (TPSA) is 65.7 Å². The highest BCUT2D eigenvalue weighted by Gasteiger charge is 2.15. The molecule has 2 aromatic heterocycles. The van der Waals surface area contributed by atoms with Crippen molar-refractivity contribution in [3.8, 4) is 22.9 Å². The van der Waals surface area contributed by atoms with Gasteiger partial charge in [0.05, 0.1) is 23.8 Å². The Morgan fingerprint density at radius 3 is 2.59 bits per heavy atom. The Hall–Kier alpha value is -3.19. The molecule has 136 valence electrons. The summed E-state index contributed by atoms with van der Waals surface area (Å²) in [6.45, 7) is 2.49. The van der Waals surface area contributed by atoms with E-state index < -0.39 is 0 Å². The van der Waals surface area contributed by atoms with E-state index in [0.717, 1.165) is 16.9 Å². The fourth-order valence-electron chi connectivity index (χ4n) is 2.81. The predicted molar refractivity (Wildman–Crippen MR) is 106 cm³/mol. The summed E-state index contributed by atoms with van der Waals surface area (Å²) in [5.41, 5.74) is 1.41. The van der Waals surface area contributed by atoms with Crippen molar-refractivity contribution in [2.75, 3.05) is 13.7 Å². The lowest BCUT2D eigenvalue weighted by atomic mass is 10.2. The van der Waals surface area contributed by atoms with Crippen molar-refractivity contribution in [2.24, 2.45) is 0 Å². The van der Waals surface area contributed by atoms with Crippen molar-refractivity contribution in [3.63, 3.8) is 0 Å². The number of benzene rings is 2. The SMILES string of the molecule is CCOc1ccccc1/C=c1/sc2nc(-c3ccccc3OC)nn2c1=O. The molecule has 0 aliphatic heterocycles. The van der Waals surface area contributed by atoms with Crippen LogP contribution in [0.15, 0.2) is 53.3 Å². The standard InChI is InChI=1S/C20H17N3O3S/c1-3-26-15-10-6-4-8-13(15)12-17-19(24)23-20(27-17)21-18(22-23)14-9-5-7-11-16(14)25-2/h4-12H,3H2,1-2H3/b17-12+. The van der Waals surface area contributed by atoms with Gasteiger partial charge in [-0.25, -0.2) is 0 Å². The molecule has 2 aromatic carbocycles. The van der Waals surface area contributed by atoms with Crippen LogP contribution in [0.4, 0.5) is 0 Å². The van der Waals surface area contributed by atoms with E-state index in [1.165, 1.54) is 15.9 Å². The Balaban J connectivity index is 1.81. The first kappa shape index (κ1) is 17.2. The van der Waals surface area contributed by atoms with Gasteiger partial charge in [-0.2, -0.15) is 9.50 Å². The summed E-state index contributed by atoms with van der Waals surface area (Å²) in [7, 11) is 1.60. The van der Waals surface area contributed by atoms with Crippen LogP contribution in [-0.2, 0) is 0 Å². The van der Waals surface area contributed by atoms with Crippen molar-refractivity contribution < 1.29 is 9.47 Å². The van der Waals surface area contributed by atoms with Crippen LogP contribution in [0.3, 0.4) is 0 Å². The molecule has 0 fully saturated rings. The maximum Gasteiger partial charge on any atom is 0.291 e. The maximum atomic E-state index is 12.8. The van der Waals surface area contributed by atoms with Gasteiger partial charge in [-0.3, -0.25) is 4.79 Å². The fourth-order valence-corrected chi connectivity index (χ4v) is 3.70. The lowest BCUT2D eigenvalue weighted by molar-refractivity contribution is 0.339. The van der Waals surface area contributed by atoms with Crippen LogP contribution in [-0.4, -0.2) is 28.3 Å². The lowest BCUT2D eigenvalue weighted by Crippen LogP contribution is -2.23. The van der Waals surface area contributed by atoms with Gasteiger partial charge in [-0.15, -0.1) is 5.10 Å². The van der Waals surface area contributed by atoms with Gasteiger partial charge in [0.25, 0.3) is 5.56 Å². The number of nitrogens with zero attached hydrogens (tertiary/aromatic N) is 3. The first-order valence-corrected chi connectivity index (χ1v) is 9.29. The minimum absolute atomic E-state index is 0.199. The molecule has 0 bridgehead atoms. The van der Waals surface area contributed by atoms with E-state index in [2.05, 4.69) is 10.1 Å². The number of thiazole rings is 1. The molecule has 0 radical (unpaired) electrons. The van der Waals surface area contributed by atoms with Gasteiger partial charge >= 0.3 is 0 Å². The van der Waals surface area contributed by atoms with Crippen LogP contribution < -0.4 is 19.6 Å². The molecule has 0 amide bonds. The second kappa shape index (κ2) is 7.20. The highest BCUT2D eigenvalue weighted by molar-refractivity contribution is 7.15. The number of hydrogen-bond donors (Lipinski definition) is 0. The second-order valence-corrected chi connectivity index (χ2v) is 6.73. The molecular weight excluding hydrogens is 362 g/mol. The molecule has 7 heteroatoms. The average molecular weight is 379 g/mol. The quantitative estimate of drug-likeness (QED) is 0.533. The van der Waals surface area contributed by atoms with Gasteiger partial charge in [0.2, 0.25) is 4.96 Å². The van der Waals surface area contributed by atoms with Gasteiger partial charge in [-0.05, 0) is 31.2 Å². The Bertz CT molecular complexity index is 1210. The summed E-state index contributed by atoms with van der Waals surface area (Å²) in [4.78, 5) is 17.8. The smallest absolute Gasteiger partial charge is 0.291 e. The number of ether oxygens (including phenoxy) is 2. The van der Waals surface area contributed by atoms with Crippen LogP contribution in [0.5, 0.6) is 11.5 Å². The zero-order chi connectivity index (χ0) is 18.8. The summed E-state index contributed by atoms with van der Waals surface area (Å²) < 4.78 is 12.9. The normalized spacial score (nSPS) is 11.9. The van der Waals surface area contributed by atoms with Crippen molar-refractivity contribution in [2.45, 2.75) is 6.92 Å². The Morgan fingerprint density at radius 2 is 1.85 bits per heavy atom. The zero-order valence-electron chi connectivity index (χ0n) is 14.9. The minimum atomic E-state index is -0.199. The average Bonchev–Trinajstić information content (AvgIpc) is 3.23. The summed E-state index contributed by atoms with van der Waals surface area (Å²) in [5, 5.41) is 4.38. The van der Waals surface area contributed by atoms with E-state index in [9.17, 15) is 4.79 Å². The monoisotopic (exact) mass is 379 g/mol. The number of para-hydroxylation sites is 2. The Kier molecular flexibility index (Phi) is 4.60. The molecule has 0 saturated heterocycles. The molecule has 4 aromatic rings. The molecule has 0 spiro atoms. The number of rotatable bonds is 5. The fraction of sp³-hybridized carbons (Fsp3) is 0.150. The van der Waals surface area contributed by atoms with Gasteiger partial charge in [0.1, 0.15) is 11.5 Å². The van der Waals surface area contributed by atoms with Crippen LogP contribution in [0.25, 0.3) is 22.4 Å². The van der Waals surface area contributed by atoms with Crippen LogP contribution in [0.2, 0.25) is 0 Å². The van der Waals surface area contributed by atoms with E-state index in [-0.39, 0.29) is 5.56 Å². The molecule has 6 nitrogen and oxygen atoms in total. The summed E-state index contributed by atoms with van der Waals surface area (Å²) in [6.07, 6.45) is 1.82. The Morgan fingerprint density at radius 1 is 1.11 bits per heavy atom. The molecule has 4 rings (SSSR count). The van der Waals surface area contributed by atoms with Gasteiger partial charge in [-0.1, -0.05) is 41.7 Å². The molecule has 0 atom stereocenters. The first-order valence-electron chi connectivity index (χ1n) is 8.47. The molecule has 0 saturated carbocycles. The largest absolute Gasteiger partial charge is 0.496 e. The van der Waals surface area contributed by atoms with E-state index in [0.29, 0.717) is 27.7 Å². The predicted octanol–water partition coefficient (Wildman–Crippen LogP) is 2.77. The third-order valence-corrected chi connectivity index (χ3v) is 4.99. The van der Waals surface area contributed by atoms with Crippen molar-refractivity contribution in [1.29, 1.82) is 0 Å². The summed E-state index contributed by atoms with van der Waals surface area (Å²) in [5.74, 6) is 1.88. The summed E-state index contributed by atoms with van der Waals surface area (Å²) >= 11 is 1.30. The molecule has 0 unspecified atom stereocenters. The van der Waals surface area contributed by atoms with Crippen LogP contribution >= 0.6 is 11.3 Å². The van der Waals surface area contributed by atoms with Crippen LogP contribution in [0.1, 0.15) is 12.5 Å². The lowest BCUT2D eigenvalue weighted by Gasteiger charge is -2.05. The van der Waals surface area contributed by atoms with Gasteiger partial charge in [0.15, 0.2) is 5.82 Å². The minimum Gasteiger partial charge on any atom is -0.496 e. The van der Waals surface area contributed by atoms with Crippen LogP contribution in [0, 0.1) is 0 Å². The molecule has 2 heterocycles. The van der Waals surface area contributed by atoms with Gasteiger partial charge < -0.3 is 9.47 Å². The van der Waals surface area contributed by atoms with E-state index >= 15 is 0 Å². The third kappa shape index (κ3) is 3.17. The van der Waals surface area contributed by atoms with E-state index in [4.69, 9.17) is 9.47 Å². The summed E-state index contributed by atoms with van der Waals surface area (Å²) in [6, 6.07) is 15.1. The van der Waals surface area contributed by atoms with E-state index in [1.807, 2.05) is 61.5 Å². The molecule has 0 N–H and O–H groups in total. The number of hydrogen-bond acceptors (Lipinski definition) is 6. The molecule has 0 aliphatic carbocycles. The number of methoxy groups -OCH3 is 1. The first-order chi connectivity index (χ1) is 13.2. The maximum absolute atomic E-state index is 12.8. The van der Waals surface area contributed by atoms with Crippen molar-refractivity contribution in [3.05, 3.63) is 69.0 Å². The van der Waals surface area contributed by atoms with Crippen molar-refractivity contribution in [1.82, 2.24) is 14.6 Å². The van der Waals surface area contributed by atoms with E-state index in [1.54, 1.807) is 7.11 Å². The highest BCUT2D eigenvalue weighted by Crippen LogP contribution is 2.27. The zero-order valence-corrected chi connectivity index (χ0v) is 15.7.